The van der Waals surface area contributed by atoms with Crippen molar-refractivity contribution in [3.63, 3.8) is 0 Å². The highest BCUT2D eigenvalue weighted by atomic mass is 35.5. The Morgan fingerprint density at radius 3 is 2.81 bits per heavy atom. The molecule has 0 spiro atoms. The molecule has 0 saturated heterocycles. The Labute approximate surface area is 129 Å². The smallest absolute Gasteiger partial charge is 0.267 e. The number of thiophene rings is 1. The lowest BCUT2D eigenvalue weighted by Crippen LogP contribution is -2.18. The normalized spacial score (nSPS) is 10.8. The van der Waals surface area contributed by atoms with Crippen molar-refractivity contribution in [2.45, 2.75) is 6.92 Å². The van der Waals surface area contributed by atoms with Gasteiger partial charge in [-0.25, -0.2) is 5.43 Å². The van der Waals surface area contributed by atoms with Crippen molar-refractivity contribution >= 4 is 40.7 Å². The molecule has 1 aromatic carbocycles. The summed E-state index contributed by atoms with van der Waals surface area (Å²) in [6, 6.07) is 5.58. The van der Waals surface area contributed by atoms with Crippen LogP contribution in [0.5, 0.6) is 0 Å². The molecule has 1 amide bonds. The molecule has 8 heteroatoms. The maximum atomic E-state index is 11.9. The Morgan fingerprint density at radius 1 is 1.48 bits per heavy atom. The van der Waals surface area contributed by atoms with Gasteiger partial charge < -0.3 is 0 Å². The topological polar surface area (TPSA) is 84.6 Å². The van der Waals surface area contributed by atoms with E-state index in [0.29, 0.717) is 0 Å². The van der Waals surface area contributed by atoms with Crippen molar-refractivity contribution in [1.29, 1.82) is 0 Å². The number of amides is 1. The molecule has 21 heavy (non-hydrogen) atoms. The van der Waals surface area contributed by atoms with Gasteiger partial charge in [0, 0.05) is 17.0 Å². The lowest BCUT2D eigenvalue weighted by molar-refractivity contribution is -0.384. The van der Waals surface area contributed by atoms with Crippen LogP contribution in [0.2, 0.25) is 5.02 Å². The van der Waals surface area contributed by atoms with E-state index in [1.165, 1.54) is 29.7 Å². The van der Waals surface area contributed by atoms with Crippen molar-refractivity contribution in [1.82, 2.24) is 5.43 Å². The fraction of sp³-hybridized carbons (Fsp3) is 0.0769. The third-order valence-corrected chi connectivity index (χ3v) is 3.92. The first-order valence-electron chi connectivity index (χ1n) is 5.80. The molecule has 1 heterocycles. The van der Waals surface area contributed by atoms with Gasteiger partial charge in [0.05, 0.1) is 21.7 Å². The van der Waals surface area contributed by atoms with E-state index in [-0.39, 0.29) is 16.3 Å². The van der Waals surface area contributed by atoms with Crippen LogP contribution in [0.3, 0.4) is 0 Å². The van der Waals surface area contributed by atoms with E-state index in [4.69, 9.17) is 11.6 Å². The lowest BCUT2D eigenvalue weighted by atomic mass is 10.2. The van der Waals surface area contributed by atoms with Crippen LogP contribution in [0.1, 0.15) is 20.8 Å². The molecule has 0 aliphatic carbocycles. The van der Waals surface area contributed by atoms with Crippen molar-refractivity contribution in [2.75, 3.05) is 0 Å². The maximum Gasteiger partial charge on any atom is 0.272 e. The summed E-state index contributed by atoms with van der Waals surface area (Å²) >= 11 is 7.36. The SMILES string of the molecule is Cc1ccsc1C=NNC(=O)c1ccc([N+](=O)[O-])cc1Cl. The number of non-ortho nitro benzene ring substituents is 1. The van der Waals surface area contributed by atoms with Crippen LogP contribution in [0.15, 0.2) is 34.7 Å². The minimum absolute atomic E-state index is 0.00389. The van der Waals surface area contributed by atoms with E-state index >= 15 is 0 Å². The van der Waals surface area contributed by atoms with E-state index in [0.717, 1.165) is 16.5 Å². The van der Waals surface area contributed by atoms with E-state index in [9.17, 15) is 14.9 Å². The van der Waals surface area contributed by atoms with E-state index < -0.39 is 10.8 Å². The number of carbonyl (C=O) groups excluding carboxylic acids is 1. The van der Waals surface area contributed by atoms with Crippen LogP contribution in [-0.2, 0) is 0 Å². The molecule has 2 rings (SSSR count). The Bertz CT molecular complexity index is 727. The van der Waals surface area contributed by atoms with Gasteiger partial charge in [0.2, 0.25) is 0 Å². The fourth-order valence-electron chi connectivity index (χ4n) is 1.53. The van der Waals surface area contributed by atoms with Gasteiger partial charge in [0.1, 0.15) is 0 Å². The second-order valence-corrected chi connectivity index (χ2v) is 5.44. The number of hydrogen-bond acceptors (Lipinski definition) is 5. The molecule has 1 N–H and O–H groups in total. The van der Waals surface area contributed by atoms with Gasteiger partial charge in [-0.2, -0.15) is 5.10 Å². The lowest BCUT2D eigenvalue weighted by Gasteiger charge is -2.02. The Kier molecular flexibility index (Phi) is 4.66. The summed E-state index contributed by atoms with van der Waals surface area (Å²) in [6.07, 6.45) is 1.54. The van der Waals surface area contributed by atoms with Crippen LogP contribution in [0, 0.1) is 17.0 Å². The number of rotatable bonds is 4. The summed E-state index contributed by atoms with van der Waals surface area (Å²) in [7, 11) is 0. The Hall–Kier alpha value is -2.25. The second kappa shape index (κ2) is 6.47. The molecule has 0 aliphatic rings. The molecule has 6 nitrogen and oxygen atoms in total. The van der Waals surface area contributed by atoms with Gasteiger partial charge in [-0.1, -0.05) is 11.6 Å². The molecule has 0 atom stereocenters. The summed E-state index contributed by atoms with van der Waals surface area (Å²) < 4.78 is 0. The molecule has 108 valence electrons. The molecule has 0 radical (unpaired) electrons. The van der Waals surface area contributed by atoms with Gasteiger partial charge >= 0.3 is 0 Å². The fourth-order valence-corrected chi connectivity index (χ4v) is 2.58. The van der Waals surface area contributed by atoms with Gasteiger partial charge in [0.25, 0.3) is 11.6 Å². The first-order valence-corrected chi connectivity index (χ1v) is 7.06. The van der Waals surface area contributed by atoms with Crippen molar-refractivity contribution in [3.8, 4) is 0 Å². The number of nitro benzene ring substituents is 1. The van der Waals surface area contributed by atoms with Gasteiger partial charge in [-0.15, -0.1) is 11.3 Å². The van der Waals surface area contributed by atoms with Crippen LogP contribution in [0.4, 0.5) is 5.69 Å². The Morgan fingerprint density at radius 2 is 2.24 bits per heavy atom. The van der Waals surface area contributed by atoms with Crippen molar-refractivity contribution in [3.05, 3.63) is 60.8 Å². The van der Waals surface area contributed by atoms with Crippen LogP contribution in [-0.4, -0.2) is 17.0 Å². The zero-order chi connectivity index (χ0) is 15.4. The minimum atomic E-state index is -0.578. The molecule has 0 fully saturated rings. The second-order valence-electron chi connectivity index (χ2n) is 4.09. The highest BCUT2D eigenvalue weighted by Crippen LogP contribution is 2.22. The first-order chi connectivity index (χ1) is 9.99. The average molecular weight is 324 g/mol. The Balaban J connectivity index is 2.09. The summed E-state index contributed by atoms with van der Waals surface area (Å²) in [5, 5.41) is 16.4. The molecule has 2 aromatic rings. The van der Waals surface area contributed by atoms with Crippen molar-refractivity contribution < 1.29 is 9.72 Å². The molecular weight excluding hydrogens is 314 g/mol. The molecule has 0 aliphatic heterocycles. The summed E-state index contributed by atoms with van der Waals surface area (Å²) in [5.41, 5.74) is 3.35. The maximum absolute atomic E-state index is 11.9. The van der Waals surface area contributed by atoms with Crippen molar-refractivity contribution in [2.24, 2.45) is 5.10 Å². The zero-order valence-corrected chi connectivity index (χ0v) is 12.4. The van der Waals surface area contributed by atoms with E-state index in [2.05, 4.69) is 10.5 Å². The largest absolute Gasteiger partial charge is 0.272 e. The number of nitro groups is 1. The first kappa shape index (κ1) is 15.1. The average Bonchev–Trinajstić information content (AvgIpc) is 2.84. The molecule has 0 unspecified atom stereocenters. The number of hydrogen-bond donors (Lipinski definition) is 1. The predicted octanol–water partition coefficient (Wildman–Crippen LogP) is 3.38. The third-order valence-electron chi connectivity index (χ3n) is 2.66. The number of carbonyl (C=O) groups is 1. The summed E-state index contributed by atoms with van der Waals surface area (Å²) in [4.78, 5) is 22.8. The number of nitrogens with one attached hydrogen (secondary N) is 1. The monoisotopic (exact) mass is 323 g/mol. The number of hydrazone groups is 1. The van der Waals surface area contributed by atoms with Crippen LogP contribution >= 0.6 is 22.9 Å². The van der Waals surface area contributed by atoms with E-state index in [1.54, 1.807) is 0 Å². The summed E-state index contributed by atoms with van der Waals surface area (Å²) in [5.74, 6) is -0.527. The highest BCUT2D eigenvalue weighted by Gasteiger charge is 2.14. The molecule has 1 aromatic heterocycles. The van der Waals surface area contributed by atoms with Gasteiger partial charge in [-0.05, 0) is 30.0 Å². The zero-order valence-electron chi connectivity index (χ0n) is 10.9. The van der Waals surface area contributed by atoms with Gasteiger partial charge in [0.15, 0.2) is 0 Å². The molecular formula is C13H10ClN3O3S. The number of benzene rings is 1. The number of aryl methyl sites for hydroxylation is 1. The predicted molar refractivity (Wildman–Crippen MR) is 82.2 cm³/mol. The quantitative estimate of drug-likeness (QED) is 0.531. The molecule has 0 bridgehead atoms. The van der Waals surface area contributed by atoms with Gasteiger partial charge in [-0.3, -0.25) is 14.9 Å². The van der Waals surface area contributed by atoms with Crippen LogP contribution < -0.4 is 5.43 Å². The molecule has 0 saturated carbocycles. The minimum Gasteiger partial charge on any atom is -0.267 e. The summed E-state index contributed by atoms with van der Waals surface area (Å²) in [6.45, 7) is 1.94. The third kappa shape index (κ3) is 3.65. The number of halogens is 1. The number of nitrogens with zero attached hydrogens (tertiary/aromatic N) is 2. The highest BCUT2D eigenvalue weighted by molar-refractivity contribution is 7.11. The standard InChI is InChI=1S/C13H10ClN3O3S/c1-8-4-5-21-12(8)7-15-16-13(18)10-3-2-9(17(19)20)6-11(10)14/h2-7H,1H3,(H,16,18). The van der Waals surface area contributed by atoms with Crippen LogP contribution in [0.25, 0.3) is 0 Å². The van der Waals surface area contributed by atoms with E-state index in [1.807, 2.05) is 18.4 Å².